The van der Waals surface area contributed by atoms with Gasteiger partial charge >= 0.3 is 0 Å². The fourth-order valence-corrected chi connectivity index (χ4v) is 3.49. The van der Waals surface area contributed by atoms with Crippen LogP contribution in [-0.4, -0.2) is 53.2 Å². The number of carbonyl (C=O) groups is 1. The van der Waals surface area contributed by atoms with Gasteiger partial charge in [0, 0.05) is 31.4 Å². The third kappa shape index (κ3) is 3.15. The van der Waals surface area contributed by atoms with E-state index in [0.29, 0.717) is 24.5 Å². The van der Waals surface area contributed by atoms with Crippen molar-refractivity contribution in [1.82, 2.24) is 14.9 Å². The van der Waals surface area contributed by atoms with Crippen molar-refractivity contribution in [1.29, 1.82) is 0 Å². The van der Waals surface area contributed by atoms with E-state index in [1.807, 2.05) is 47.5 Å². The van der Waals surface area contributed by atoms with Gasteiger partial charge in [0.05, 0.1) is 29.4 Å². The molecular formula is C20H21N3O3. The lowest BCUT2D eigenvalue weighted by molar-refractivity contribution is 0.0659. The van der Waals surface area contributed by atoms with Crippen LogP contribution in [0.25, 0.3) is 10.9 Å². The van der Waals surface area contributed by atoms with Gasteiger partial charge in [0.2, 0.25) is 0 Å². The molecule has 1 N–H and O–H groups in total. The van der Waals surface area contributed by atoms with Crippen LogP contribution in [0, 0.1) is 0 Å². The summed E-state index contributed by atoms with van der Waals surface area (Å²) in [5.41, 5.74) is 1.54. The van der Waals surface area contributed by atoms with Crippen LogP contribution in [0.2, 0.25) is 0 Å². The van der Waals surface area contributed by atoms with Crippen molar-refractivity contribution >= 4 is 16.8 Å². The Morgan fingerprint density at radius 3 is 3.04 bits per heavy atom. The molecule has 0 spiro atoms. The molecule has 0 aliphatic carbocycles. The molecule has 1 aromatic carbocycles. The molecule has 1 aliphatic heterocycles. The summed E-state index contributed by atoms with van der Waals surface area (Å²) in [4.78, 5) is 22.3. The third-order valence-electron chi connectivity index (χ3n) is 4.86. The minimum Gasteiger partial charge on any atom is -0.490 e. The normalized spacial score (nSPS) is 19.8. The number of amides is 1. The zero-order valence-corrected chi connectivity index (χ0v) is 14.6. The van der Waals surface area contributed by atoms with Gasteiger partial charge in [0.1, 0.15) is 12.4 Å². The number of aromatic nitrogens is 2. The van der Waals surface area contributed by atoms with Gasteiger partial charge in [0.15, 0.2) is 0 Å². The van der Waals surface area contributed by atoms with Gasteiger partial charge in [-0.15, -0.1) is 0 Å². The summed E-state index contributed by atoms with van der Waals surface area (Å²) in [7, 11) is 1.68. The Morgan fingerprint density at radius 2 is 2.23 bits per heavy atom. The number of H-pyrrole nitrogens is 1. The molecule has 6 heteroatoms. The lowest BCUT2D eigenvalue weighted by atomic mass is 10.1. The molecule has 0 saturated carbocycles. The summed E-state index contributed by atoms with van der Waals surface area (Å²) in [5.74, 6) is 0.699. The number of para-hydroxylation sites is 1. The van der Waals surface area contributed by atoms with Gasteiger partial charge in [0.25, 0.3) is 5.91 Å². The average molecular weight is 351 g/mol. The van der Waals surface area contributed by atoms with Gasteiger partial charge < -0.3 is 19.4 Å². The van der Waals surface area contributed by atoms with Crippen LogP contribution >= 0.6 is 0 Å². The van der Waals surface area contributed by atoms with Crippen LogP contribution in [0.15, 0.2) is 55.0 Å². The lowest BCUT2D eigenvalue weighted by Crippen LogP contribution is -2.39. The zero-order chi connectivity index (χ0) is 17.9. The standard InChI is InChI=1S/C20H21N3O3/c1-25-17-10-15(13-26-16-5-3-8-21-11-16)23(12-17)20(24)18-6-2-4-14-7-9-22-19(14)18/h2-9,11,15,17,22H,10,12-13H2,1H3/t15-,17+/m0/s1. The van der Waals surface area contributed by atoms with E-state index in [1.165, 1.54) is 0 Å². The van der Waals surface area contributed by atoms with Gasteiger partial charge in [-0.1, -0.05) is 12.1 Å². The molecule has 134 valence electrons. The van der Waals surface area contributed by atoms with E-state index in [4.69, 9.17) is 9.47 Å². The average Bonchev–Trinajstić information content (AvgIpc) is 3.33. The van der Waals surface area contributed by atoms with Crippen molar-refractivity contribution in [2.75, 3.05) is 20.3 Å². The minimum atomic E-state index is -0.0436. The topological polar surface area (TPSA) is 67.5 Å². The predicted octanol–water partition coefficient (Wildman–Crippen LogP) is 2.87. The quantitative estimate of drug-likeness (QED) is 0.767. The lowest BCUT2D eigenvalue weighted by Gasteiger charge is -2.24. The molecule has 0 unspecified atom stereocenters. The predicted molar refractivity (Wildman–Crippen MR) is 98.3 cm³/mol. The second-order valence-corrected chi connectivity index (χ2v) is 6.45. The van der Waals surface area contributed by atoms with E-state index in [2.05, 4.69) is 9.97 Å². The summed E-state index contributed by atoms with van der Waals surface area (Å²) in [6.45, 7) is 0.978. The van der Waals surface area contributed by atoms with Crippen LogP contribution in [-0.2, 0) is 4.74 Å². The number of hydrogen-bond donors (Lipinski definition) is 1. The Balaban J connectivity index is 1.56. The number of methoxy groups -OCH3 is 1. The Labute approximate surface area is 151 Å². The summed E-state index contributed by atoms with van der Waals surface area (Å²) in [6, 6.07) is 11.4. The number of hydrogen-bond acceptors (Lipinski definition) is 4. The zero-order valence-electron chi connectivity index (χ0n) is 14.6. The Morgan fingerprint density at radius 1 is 1.31 bits per heavy atom. The van der Waals surface area contributed by atoms with Crippen LogP contribution < -0.4 is 4.74 Å². The van der Waals surface area contributed by atoms with Gasteiger partial charge in [-0.3, -0.25) is 9.78 Å². The molecule has 6 nitrogen and oxygen atoms in total. The summed E-state index contributed by atoms with van der Waals surface area (Å²) >= 11 is 0. The van der Waals surface area contributed by atoms with E-state index < -0.39 is 0 Å². The number of carbonyl (C=O) groups excluding carboxylic acids is 1. The number of likely N-dealkylation sites (tertiary alicyclic amines) is 1. The maximum atomic E-state index is 13.2. The van der Waals surface area contributed by atoms with Gasteiger partial charge in [-0.05, 0) is 30.7 Å². The van der Waals surface area contributed by atoms with Crippen LogP contribution in [0.3, 0.4) is 0 Å². The molecule has 0 bridgehead atoms. The molecule has 2 atom stereocenters. The Bertz CT molecular complexity index is 893. The number of fused-ring (bicyclic) bond motifs is 1. The highest BCUT2D eigenvalue weighted by atomic mass is 16.5. The highest BCUT2D eigenvalue weighted by Crippen LogP contribution is 2.26. The molecular weight excluding hydrogens is 330 g/mol. The third-order valence-corrected chi connectivity index (χ3v) is 4.86. The minimum absolute atomic E-state index is 0.00242. The molecule has 4 rings (SSSR count). The number of nitrogens with one attached hydrogen (secondary N) is 1. The molecule has 0 radical (unpaired) electrons. The number of nitrogens with zero attached hydrogens (tertiary/aromatic N) is 2. The van der Waals surface area contributed by atoms with Crippen molar-refractivity contribution in [2.24, 2.45) is 0 Å². The first-order chi connectivity index (χ1) is 12.8. The Kier molecular flexibility index (Phi) is 4.58. The van der Waals surface area contributed by atoms with Crippen molar-refractivity contribution in [3.63, 3.8) is 0 Å². The highest BCUT2D eigenvalue weighted by molar-refractivity contribution is 6.05. The monoisotopic (exact) mass is 351 g/mol. The van der Waals surface area contributed by atoms with Crippen molar-refractivity contribution in [3.8, 4) is 5.75 Å². The van der Waals surface area contributed by atoms with Crippen LogP contribution in [0.5, 0.6) is 5.75 Å². The van der Waals surface area contributed by atoms with E-state index in [-0.39, 0.29) is 18.1 Å². The van der Waals surface area contributed by atoms with Crippen molar-refractivity contribution in [3.05, 3.63) is 60.6 Å². The molecule has 3 aromatic rings. The molecule has 1 aliphatic rings. The molecule has 3 heterocycles. The Hall–Kier alpha value is -2.86. The first kappa shape index (κ1) is 16.6. The molecule has 1 saturated heterocycles. The highest BCUT2D eigenvalue weighted by Gasteiger charge is 2.36. The summed E-state index contributed by atoms with van der Waals surface area (Å²) in [5, 5.41) is 1.03. The van der Waals surface area contributed by atoms with Crippen molar-refractivity contribution < 1.29 is 14.3 Å². The summed E-state index contributed by atoms with van der Waals surface area (Å²) in [6.07, 6.45) is 6.00. The van der Waals surface area contributed by atoms with Crippen molar-refractivity contribution in [2.45, 2.75) is 18.6 Å². The van der Waals surface area contributed by atoms with E-state index in [1.54, 1.807) is 19.5 Å². The first-order valence-corrected chi connectivity index (χ1v) is 8.69. The molecule has 1 amide bonds. The maximum Gasteiger partial charge on any atom is 0.256 e. The van der Waals surface area contributed by atoms with E-state index in [9.17, 15) is 4.79 Å². The van der Waals surface area contributed by atoms with E-state index >= 15 is 0 Å². The maximum absolute atomic E-state index is 13.2. The molecule has 26 heavy (non-hydrogen) atoms. The fourth-order valence-electron chi connectivity index (χ4n) is 3.49. The molecule has 1 fully saturated rings. The van der Waals surface area contributed by atoms with E-state index in [0.717, 1.165) is 17.3 Å². The SMILES string of the molecule is CO[C@@H]1C[C@@H](COc2cccnc2)N(C(=O)c2cccc3cc[nH]c23)C1. The number of rotatable bonds is 5. The fraction of sp³-hybridized carbons (Fsp3) is 0.300. The molecule has 2 aromatic heterocycles. The number of pyridine rings is 1. The largest absolute Gasteiger partial charge is 0.490 e. The second-order valence-electron chi connectivity index (χ2n) is 6.45. The summed E-state index contributed by atoms with van der Waals surface area (Å²) < 4.78 is 11.4. The second kappa shape index (κ2) is 7.17. The number of ether oxygens (including phenoxy) is 2. The van der Waals surface area contributed by atoms with Crippen LogP contribution in [0.4, 0.5) is 0 Å². The van der Waals surface area contributed by atoms with Gasteiger partial charge in [-0.25, -0.2) is 0 Å². The number of benzene rings is 1. The smallest absolute Gasteiger partial charge is 0.256 e. The first-order valence-electron chi connectivity index (χ1n) is 8.69. The number of aromatic amines is 1. The van der Waals surface area contributed by atoms with Crippen LogP contribution in [0.1, 0.15) is 16.8 Å². The van der Waals surface area contributed by atoms with Gasteiger partial charge in [-0.2, -0.15) is 0 Å².